The van der Waals surface area contributed by atoms with Crippen LogP contribution < -0.4 is 10.8 Å². The Morgan fingerprint density at radius 3 is 2.88 bits per heavy atom. The normalized spacial score (nSPS) is 43.0. The van der Waals surface area contributed by atoms with E-state index >= 15 is 0 Å². The summed E-state index contributed by atoms with van der Waals surface area (Å²) in [5, 5.41) is 12.3. The van der Waals surface area contributed by atoms with Gasteiger partial charge in [0.25, 0.3) is 5.91 Å². The number of carbonyl (C=O) groups is 1. The minimum Gasteiger partial charge on any atom is -0.315 e. The molecule has 4 heteroatoms. The number of amides is 1. The van der Waals surface area contributed by atoms with E-state index < -0.39 is 5.41 Å². The van der Waals surface area contributed by atoms with E-state index in [1.165, 1.54) is 0 Å². The van der Waals surface area contributed by atoms with Crippen LogP contribution in [0, 0.1) is 23.2 Å². The number of carbonyl (C=O) groups excluding carboxylic acids is 1. The molecule has 92 valence electrons. The molecule has 1 heterocycles. The summed E-state index contributed by atoms with van der Waals surface area (Å²) in [4.78, 5) is 12.0. The molecule has 17 heavy (non-hydrogen) atoms. The van der Waals surface area contributed by atoms with Crippen molar-refractivity contribution in [1.29, 1.82) is 0 Å². The summed E-state index contributed by atoms with van der Waals surface area (Å²) in [6.07, 6.45) is 10.5. The van der Waals surface area contributed by atoms with Crippen molar-refractivity contribution in [2.24, 2.45) is 23.2 Å². The highest BCUT2D eigenvalue weighted by Crippen LogP contribution is 2.50. The van der Waals surface area contributed by atoms with Gasteiger partial charge in [-0.1, -0.05) is 24.3 Å². The Morgan fingerprint density at radius 2 is 2.12 bits per heavy atom. The molecule has 2 aliphatic carbocycles. The molecule has 0 aromatic carbocycles. The molecule has 1 aliphatic heterocycles. The molecule has 0 radical (unpaired) electrons. The van der Waals surface area contributed by atoms with Gasteiger partial charge in [-0.25, -0.2) is 5.48 Å². The molecule has 4 unspecified atom stereocenters. The van der Waals surface area contributed by atoms with Gasteiger partial charge in [0, 0.05) is 6.54 Å². The molecule has 0 aromatic rings. The Balaban J connectivity index is 1.90. The lowest BCUT2D eigenvalue weighted by Crippen LogP contribution is -2.50. The van der Waals surface area contributed by atoms with Crippen molar-refractivity contribution < 1.29 is 10.0 Å². The van der Waals surface area contributed by atoms with E-state index in [1.54, 1.807) is 0 Å². The van der Waals surface area contributed by atoms with E-state index in [9.17, 15) is 4.79 Å². The van der Waals surface area contributed by atoms with Crippen molar-refractivity contribution >= 4 is 5.91 Å². The second-order valence-corrected chi connectivity index (χ2v) is 5.46. The average molecular weight is 234 g/mol. The molecule has 3 N–H and O–H groups in total. The average Bonchev–Trinajstić information content (AvgIpc) is 2.78. The van der Waals surface area contributed by atoms with Gasteiger partial charge in [0.05, 0.1) is 5.41 Å². The Kier molecular flexibility index (Phi) is 2.56. The summed E-state index contributed by atoms with van der Waals surface area (Å²) in [5.74, 6) is 1.12. The minimum absolute atomic E-state index is 0.214. The summed E-state index contributed by atoms with van der Waals surface area (Å²) in [6.45, 7) is 1.57. The highest BCUT2D eigenvalue weighted by molar-refractivity contribution is 5.83. The lowest BCUT2D eigenvalue weighted by molar-refractivity contribution is -0.144. The van der Waals surface area contributed by atoms with Gasteiger partial charge in [0.1, 0.15) is 0 Å². The van der Waals surface area contributed by atoms with Gasteiger partial charge >= 0.3 is 0 Å². The van der Waals surface area contributed by atoms with Gasteiger partial charge in [-0.15, -0.1) is 0 Å². The monoisotopic (exact) mass is 234 g/mol. The second kappa shape index (κ2) is 3.96. The van der Waals surface area contributed by atoms with E-state index in [2.05, 4.69) is 29.6 Å². The second-order valence-electron chi connectivity index (χ2n) is 5.46. The summed E-state index contributed by atoms with van der Waals surface area (Å²) in [7, 11) is 0. The Hall–Kier alpha value is -1.13. The van der Waals surface area contributed by atoms with Gasteiger partial charge in [-0.05, 0) is 37.1 Å². The maximum Gasteiger partial charge on any atom is 0.251 e. The quantitative estimate of drug-likeness (QED) is 0.465. The Morgan fingerprint density at radius 1 is 1.35 bits per heavy atom. The van der Waals surface area contributed by atoms with Crippen LogP contribution >= 0.6 is 0 Å². The number of rotatable bonds is 1. The lowest BCUT2D eigenvalue weighted by Gasteiger charge is -2.43. The lowest BCUT2D eigenvalue weighted by atomic mass is 9.59. The molecule has 0 aromatic heterocycles. The minimum atomic E-state index is -0.411. The number of hydrogen-bond donors (Lipinski definition) is 3. The topological polar surface area (TPSA) is 61.4 Å². The van der Waals surface area contributed by atoms with Crippen LogP contribution in [0.4, 0.5) is 0 Å². The van der Waals surface area contributed by atoms with Gasteiger partial charge < -0.3 is 5.32 Å². The zero-order chi connectivity index (χ0) is 11.9. The first-order valence-corrected chi connectivity index (χ1v) is 6.26. The van der Waals surface area contributed by atoms with E-state index in [-0.39, 0.29) is 5.91 Å². The van der Waals surface area contributed by atoms with E-state index in [0.29, 0.717) is 24.3 Å². The van der Waals surface area contributed by atoms with Crippen molar-refractivity contribution in [2.75, 3.05) is 13.1 Å². The third-order valence-electron chi connectivity index (χ3n) is 4.70. The van der Waals surface area contributed by atoms with Gasteiger partial charge in [-0.3, -0.25) is 10.0 Å². The Labute approximate surface area is 101 Å². The summed E-state index contributed by atoms with van der Waals surface area (Å²) >= 11 is 0. The molecule has 3 rings (SSSR count). The maximum absolute atomic E-state index is 12.0. The van der Waals surface area contributed by atoms with Crippen molar-refractivity contribution in [3.8, 4) is 0 Å². The van der Waals surface area contributed by atoms with Crippen molar-refractivity contribution in [3.05, 3.63) is 24.3 Å². The molecule has 0 bridgehead atoms. The third kappa shape index (κ3) is 1.55. The molecule has 0 spiro atoms. The number of hydrogen-bond acceptors (Lipinski definition) is 3. The van der Waals surface area contributed by atoms with Crippen LogP contribution in [0.2, 0.25) is 0 Å². The molecular formula is C13H18N2O2. The first kappa shape index (κ1) is 11.0. The van der Waals surface area contributed by atoms with Crippen molar-refractivity contribution in [3.63, 3.8) is 0 Å². The number of allylic oxidation sites excluding steroid dienone is 4. The molecule has 1 amide bonds. The van der Waals surface area contributed by atoms with Gasteiger partial charge in [-0.2, -0.15) is 0 Å². The zero-order valence-corrected chi connectivity index (χ0v) is 9.73. The van der Waals surface area contributed by atoms with E-state index in [1.807, 2.05) is 5.48 Å². The van der Waals surface area contributed by atoms with Crippen LogP contribution in [0.1, 0.15) is 12.8 Å². The first-order valence-electron chi connectivity index (χ1n) is 6.26. The highest BCUT2D eigenvalue weighted by atomic mass is 16.5. The molecule has 4 atom stereocenters. The fourth-order valence-electron chi connectivity index (χ4n) is 3.75. The Bertz CT molecular complexity index is 391. The smallest absolute Gasteiger partial charge is 0.251 e. The van der Waals surface area contributed by atoms with Crippen LogP contribution in [0.3, 0.4) is 0 Å². The molecule has 1 saturated carbocycles. The van der Waals surface area contributed by atoms with Crippen LogP contribution in [-0.4, -0.2) is 24.2 Å². The van der Waals surface area contributed by atoms with E-state index in [4.69, 9.17) is 5.21 Å². The number of hydroxylamine groups is 1. The zero-order valence-electron chi connectivity index (χ0n) is 9.73. The summed E-state index contributed by atoms with van der Waals surface area (Å²) in [6, 6.07) is 0. The fourth-order valence-corrected chi connectivity index (χ4v) is 3.75. The molecule has 4 nitrogen and oxygen atoms in total. The standard InChI is InChI=1S/C13H18N2O2/c16-12(15-17)13-6-10-4-2-1-3-9(10)5-11(13)7-14-8-13/h1-4,9-11,14,17H,5-8H2,(H,15,16). The van der Waals surface area contributed by atoms with Gasteiger partial charge in [0.2, 0.25) is 0 Å². The summed E-state index contributed by atoms with van der Waals surface area (Å²) < 4.78 is 0. The highest BCUT2D eigenvalue weighted by Gasteiger charge is 2.54. The molecule has 2 fully saturated rings. The van der Waals surface area contributed by atoms with Crippen molar-refractivity contribution in [1.82, 2.24) is 10.8 Å². The number of nitrogens with one attached hydrogen (secondary N) is 2. The van der Waals surface area contributed by atoms with Crippen LogP contribution in [0.15, 0.2) is 24.3 Å². The number of fused-ring (bicyclic) bond motifs is 2. The summed E-state index contributed by atoms with van der Waals surface area (Å²) in [5.41, 5.74) is 1.46. The predicted octanol–water partition coefficient (Wildman–Crippen LogP) is 0.850. The largest absolute Gasteiger partial charge is 0.315 e. The molecule has 3 aliphatic rings. The van der Waals surface area contributed by atoms with Gasteiger partial charge in [0.15, 0.2) is 0 Å². The molecule has 1 saturated heterocycles. The van der Waals surface area contributed by atoms with Crippen LogP contribution in [0.25, 0.3) is 0 Å². The van der Waals surface area contributed by atoms with E-state index in [0.717, 1.165) is 19.4 Å². The van der Waals surface area contributed by atoms with Crippen molar-refractivity contribution in [2.45, 2.75) is 12.8 Å². The maximum atomic E-state index is 12.0. The SMILES string of the molecule is O=C(NO)C12CNCC1CC1C=CC=CC1C2. The molecular weight excluding hydrogens is 216 g/mol. The van der Waals surface area contributed by atoms with Crippen LogP contribution in [-0.2, 0) is 4.79 Å². The third-order valence-corrected chi connectivity index (χ3v) is 4.70. The van der Waals surface area contributed by atoms with Crippen LogP contribution in [0.5, 0.6) is 0 Å². The first-order chi connectivity index (χ1) is 8.26. The predicted molar refractivity (Wildman–Crippen MR) is 63.2 cm³/mol. The fraction of sp³-hybridized carbons (Fsp3) is 0.615.